The van der Waals surface area contributed by atoms with Crippen LogP contribution in [0.25, 0.3) is 11.3 Å². The molecule has 2 rings (SSSR count). The minimum absolute atomic E-state index is 0.133. The van der Waals surface area contributed by atoms with E-state index in [9.17, 15) is 9.90 Å². The monoisotopic (exact) mass is 422 g/mol. The maximum Gasteiger partial charge on any atom is 0.324 e. The fourth-order valence-electron chi connectivity index (χ4n) is 2.32. The fraction of sp³-hybridized carbons (Fsp3) is 0.368. The number of hydrogen-bond acceptors (Lipinski definition) is 8. The van der Waals surface area contributed by atoms with Gasteiger partial charge in [-0.3, -0.25) is 4.79 Å². The molecule has 1 aromatic carbocycles. The molecular formula is C19H26N4O3S2. The smallest absolute Gasteiger partial charge is 0.324 e. The summed E-state index contributed by atoms with van der Waals surface area (Å²) in [5.41, 5.74) is 10.8. The maximum absolute atomic E-state index is 11.4. The summed E-state index contributed by atoms with van der Waals surface area (Å²) < 4.78 is 0. The molecule has 1 aromatic heterocycles. The Morgan fingerprint density at radius 2 is 2.07 bits per heavy atom. The molecule has 2 aromatic rings. The van der Waals surface area contributed by atoms with E-state index in [4.69, 9.17) is 10.6 Å². The second-order valence-electron chi connectivity index (χ2n) is 6.13. The van der Waals surface area contributed by atoms with Crippen molar-refractivity contribution in [2.75, 3.05) is 29.6 Å². The number of hydroxylamine groups is 1. The number of aliphatic carboxylic acids is 1. The van der Waals surface area contributed by atoms with Gasteiger partial charge in [0.1, 0.15) is 6.04 Å². The minimum atomic E-state index is -0.972. The molecule has 0 saturated heterocycles. The molecule has 7 nitrogen and oxygen atoms in total. The van der Waals surface area contributed by atoms with Crippen LogP contribution in [0.3, 0.4) is 0 Å². The fourth-order valence-corrected chi connectivity index (χ4v) is 2.92. The Labute approximate surface area is 174 Å². The zero-order valence-corrected chi connectivity index (χ0v) is 17.4. The van der Waals surface area contributed by atoms with E-state index in [2.05, 4.69) is 28.4 Å². The molecule has 0 bridgehead atoms. The molecule has 0 aliphatic carbocycles. The van der Waals surface area contributed by atoms with Crippen LogP contribution in [0.4, 0.5) is 5.69 Å². The molecule has 1 heterocycles. The maximum atomic E-state index is 11.4. The van der Waals surface area contributed by atoms with Crippen molar-refractivity contribution in [3.05, 3.63) is 42.5 Å². The lowest BCUT2D eigenvalue weighted by atomic mass is 10.1. The number of nitrogens with one attached hydrogen (secondary N) is 2. The lowest BCUT2D eigenvalue weighted by Gasteiger charge is -2.18. The third-order valence-corrected chi connectivity index (χ3v) is 5.04. The first-order valence-electron chi connectivity index (χ1n) is 8.86. The van der Waals surface area contributed by atoms with E-state index in [0.717, 1.165) is 11.3 Å². The van der Waals surface area contributed by atoms with E-state index >= 15 is 0 Å². The molecule has 0 saturated carbocycles. The number of thiol groups is 1. The third-order valence-electron chi connectivity index (χ3n) is 3.93. The van der Waals surface area contributed by atoms with E-state index in [-0.39, 0.29) is 11.9 Å². The van der Waals surface area contributed by atoms with Gasteiger partial charge in [-0.25, -0.2) is 4.98 Å². The molecule has 152 valence electrons. The van der Waals surface area contributed by atoms with Gasteiger partial charge in [0.2, 0.25) is 0 Å². The number of hydrogen-bond donors (Lipinski definition) is 5. The molecule has 0 radical (unpaired) electrons. The van der Waals surface area contributed by atoms with E-state index < -0.39 is 12.0 Å². The molecule has 0 spiro atoms. The number of carboxylic acid groups (broad SMARTS) is 1. The van der Waals surface area contributed by atoms with Gasteiger partial charge >= 0.3 is 5.97 Å². The molecule has 0 aliphatic rings. The summed E-state index contributed by atoms with van der Waals surface area (Å²) in [7, 11) is 0. The van der Waals surface area contributed by atoms with Gasteiger partial charge in [0.25, 0.3) is 5.88 Å². The average molecular weight is 423 g/mol. The molecule has 0 fully saturated rings. The summed E-state index contributed by atoms with van der Waals surface area (Å²) in [5.74, 6) is 0.530. The van der Waals surface area contributed by atoms with Crippen molar-refractivity contribution in [2.45, 2.75) is 18.5 Å². The number of aromatic nitrogens is 1. The van der Waals surface area contributed by atoms with Crippen molar-refractivity contribution in [2.24, 2.45) is 5.73 Å². The zero-order valence-electron chi connectivity index (χ0n) is 15.7. The standard InChI is InChI=1S/C19H26N4O3S2/c1-28-10-9-17(19(24)25)23-26-18-16(21-11-14(20)12-27)8-7-15(22-18)13-5-3-2-4-6-13/h2-8,14,17,21,23,27H,9-12,20H2,1H3,(H,24,25)/t14?,17-/m0/s1. The number of rotatable bonds is 12. The van der Waals surface area contributed by atoms with Crippen molar-refractivity contribution in [1.29, 1.82) is 0 Å². The number of pyridine rings is 1. The van der Waals surface area contributed by atoms with Crippen molar-refractivity contribution in [3.8, 4) is 17.1 Å². The predicted molar refractivity (Wildman–Crippen MR) is 118 cm³/mol. The molecule has 9 heteroatoms. The Morgan fingerprint density at radius 1 is 1.32 bits per heavy atom. The van der Waals surface area contributed by atoms with E-state index in [1.807, 2.05) is 48.7 Å². The van der Waals surface area contributed by atoms with Crippen molar-refractivity contribution in [3.63, 3.8) is 0 Å². The number of nitrogens with zero attached hydrogens (tertiary/aromatic N) is 1. The summed E-state index contributed by atoms with van der Waals surface area (Å²) in [6.07, 6.45) is 2.36. The van der Waals surface area contributed by atoms with Crippen molar-refractivity contribution in [1.82, 2.24) is 10.5 Å². The highest BCUT2D eigenvalue weighted by Gasteiger charge is 2.19. The molecular weight excluding hydrogens is 396 g/mol. The van der Waals surface area contributed by atoms with E-state index in [0.29, 0.717) is 30.2 Å². The summed E-state index contributed by atoms with van der Waals surface area (Å²) in [6, 6.07) is 12.4. The van der Waals surface area contributed by atoms with E-state index in [1.165, 1.54) is 0 Å². The second-order valence-corrected chi connectivity index (χ2v) is 7.48. The molecule has 2 atom stereocenters. The van der Waals surface area contributed by atoms with Crippen LogP contribution in [0.15, 0.2) is 42.5 Å². The number of carboxylic acids is 1. The Balaban J connectivity index is 2.21. The lowest BCUT2D eigenvalue weighted by molar-refractivity contribution is -0.141. The molecule has 1 unspecified atom stereocenters. The highest BCUT2D eigenvalue weighted by atomic mass is 32.2. The van der Waals surface area contributed by atoms with Gasteiger partial charge in [-0.1, -0.05) is 30.3 Å². The predicted octanol–water partition coefficient (Wildman–Crippen LogP) is 2.51. The largest absolute Gasteiger partial charge is 0.480 e. The van der Waals surface area contributed by atoms with Gasteiger partial charge < -0.3 is 21.0 Å². The van der Waals surface area contributed by atoms with Crippen molar-refractivity contribution < 1.29 is 14.7 Å². The van der Waals surface area contributed by atoms with Crippen molar-refractivity contribution >= 4 is 36.0 Å². The molecule has 28 heavy (non-hydrogen) atoms. The van der Waals surface area contributed by atoms with Crippen LogP contribution in [-0.2, 0) is 4.79 Å². The first kappa shape index (κ1) is 22.4. The van der Waals surface area contributed by atoms with Gasteiger partial charge in [-0.15, -0.1) is 5.48 Å². The van der Waals surface area contributed by atoms with Crippen LogP contribution in [0.5, 0.6) is 5.88 Å². The van der Waals surface area contributed by atoms with Crippen LogP contribution in [0, 0.1) is 0 Å². The highest BCUT2D eigenvalue weighted by Crippen LogP contribution is 2.27. The Morgan fingerprint density at radius 3 is 2.71 bits per heavy atom. The quantitative estimate of drug-likeness (QED) is 0.262. The highest BCUT2D eigenvalue weighted by molar-refractivity contribution is 7.98. The Bertz CT molecular complexity index is 749. The lowest BCUT2D eigenvalue weighted by Crippen LogP contribution is -2.39. The summed E-state index contributed by atoms with van der Waals surface area (Å²) in [4.78, 5) is 21.6. The first-order valence-corrected chi connectivity index (χ1v) is 10.9. The summed E-state index contributed by atoms with van der Waals surface area (Å²) in [5, 5.41) is 12.6. The van der Waals surface area contributed by atoms with Gasteiger partial charge in [0, 0.05) is 23.9 Å². The Kier molecular flexibility index (Phi) is 9.42. The van der Waals surface area contributed by atoms with Gasteiger partial charge in [-0.05, 0) is 30.6 Å². The van der Waals surface area contributed by atoms with Crippen LogP contribution in [0.1, 0.15) is 6.42 Å². The number of anilines is 1. The van der Waals surface area contributed by atoms with Crippen LogP contribution < -0.4 is 21.4 Å². The molecule has 0 aliphatic heterocycles. The molecule has 0 amide bonds. The first-order chi connectivity index (χ1) is 13.5. The second kappa shape index (κ2) is 11.8. The topological polar surface area (TPSA) is 110 Å². The number of thioether (sulfide) groups is 1. The van der Waals surface area contributed by atoms with Crippen LogP contribution in [-0.4, -0.2) is 52.4 Å². The van der Waals surface area contributed by atoms with Crippen LogP contribution >= 0.6 is 24.4 Å². The van der Waals surface area contributed by atoms with Gasteiger partial charge in [0.05, 0.1) is 11.4 Å². The number of carbonyl (C=O) groups is 1. The molecule has 5 N–H and O–H groups in total. The SMILES string of the molecule is CSCC[C@H](NOc1nc(-c2ccccc2)ccc1NCC(N)CS)C(=O)O. The number of nitrogens with two attached hydrogens (primary N) is 1. The summed E-state index contributed by atoms with van der Waals surface area (Å²) in [6.45, 7) is 0.487. The third kappa shape index (κ3) is 6.90. The number of benzene rings is 1. The van der Waals surface area contributed by atoms with Crippen LogP contribution in [0.2, 0.25) is 0 Å². The summed E-state index contributed by atoms with van der Waals surface area (Å²) >= 11 is 5.76. The normalized spacial score (nSPS) is 13.0. The minimum Gasteiger partial charge on any atom is -0.480 e. The average Bonchev–Trinajstić information content (AvgIpc) is 2.72. The Hall–Kier alpha value is -1.94. The van der Waals surface area contributed by atoms with E-state index in [1.54, 1.807) is 11.8 Å². The van der Waals surface area contributed by atoms with Gasteiger partial charge in [0.15, 0.2) is 0 Å². The van der Waals surface area contributed by atoms with Gasteiger partial charge in [-0.2, -0.15) is 24.4 Å². The zero-order chi connectivity index (χ0) is 20.4.